The summed E-state index contributed by atoms with van der Waals surface area (Å²) in [5.41, 5.74) is 1.06. The Morgan fingerprint density at radius 3 is 2.53 bits per heavy atom. The smallest absolute Gasteiger partial charge is 0.176 e. The molecule has 0 atom stereocenters. The van der Waals surface area contributed by atoms with Crippen LogP contribution in [0.15, 0.2) is 36.4 Å². The van der Waals surface area contributed by atoms with Gasteiger partial charge in [-0.15, -0.1) is 23.7 Å². The molecule has 0 aliphatic rings. The van der Waals surface area contributed by atoms with Crippen LogP contribution >= 0.6 is 35.3 Å². The first kappa shape index (κ1) is 14.5. The first-order chi connectivity index (χ1) is 7.75. The molecule has 5 heteroatoms. The summed E-state index contributed by atoms with van der Waals surface area (Å²) in [6, 6.07) is 11.0. The quantitative estimate of drug-likeness (QED) is 0.888. The van der Waals surface area contributed by atoms with Gasteiger partial charge in [-0.2, -0.15) is 4.39 Å². The molecular weight excluding hydrogens is 280 g/mol. The highest BCUT2D eigenvalue weighted by molar-refractivity contribution is 7.10. The molecule has 0 aliphatic carbocycles. The van der Waals surface area contributed by atoms with Gasteiger partial charge in [0, 0.05) is 23.0 Å². The number of hydrogen-bond donors (Lipinski definition) is 1. The first-order valence-corrected chi connectivity index (χ1v) is 6.13. The summed E-state index contributed by atoms with van der Waals surface area (Å²) < 4.78 is 12.7. The number of hydrogen-bond acceptors (Lipinski definition) is 2. The predicted molar refractivity (Wildman–Crippen MR) is 73.5 cm³/mol. The molecule has 0 saturated carbocycles. The van der Waals surface area contributed by atoms with Gasteiger partial charge in [0.2, 0.25) is 0 Å². The van der Waals surface area contributed by atoms with Gasteiger partial charge in [0.1, 0.15) is 0 Å². The standard InChI is InChI=1S/C12H11ClFNS.ClH/c13-11-4-2-1-3-9(11)7-15-8-10-5-6-12(14)16-10;/h1-6,15H,7-8H2;1H. The molecule has 0 amide bonds. The number of nitrogens with one attached hydrogen (secondary N) is 1. The van der Waals surface area contributed by atoms with Crippen molar-refractivity contribution in [2.24, 2.45) is 0 Å². The van der Waals surface area contributed by atoms with E-state index in [1.807, 2.05) is 24.3 Å². The zero-order chi connectivity index (χ0) is 11.4. The van der Waals surface area contributed by atoms with Crippen molar-refractivity contribution in [1.82, 2.24) is 5.32 Å². The molecule has 17 heavy (non-hydrogen) atoms. The summed E-state index contributed by atoms with van der Waals surface area (Å²) in [6.45, 7) is 1.36. The Morgan fingerprint density at radius 2 is 1.88 bits per heavy atom. The average molecular weight is 292 g/mol. The van der Waals surface area contributed by atoms with Gasteiger partial charge in [-0.1, -0.05) is 29.8 Å². The van der Waals surface area contributed by atoms with Crippen LogP contribution in [0.5, 0.6) is 0 Å². The Bertz CT molecular complexity index is 473. The van der Waals surface area contributed by atoms with Crippen molar-refractivity contribution in [3.05, 3.63) is 57.0 Å². The molecule has 1 nitrogen and oxygen atoms in total. The molecule has 2 rings (SSSR count). The Morgan fingerprint density at radius 1 is 1.12 bits per heavy atom. The minimum absolute atomic E-state index is 0. The zero-order valence-electron chi connectivity index (χ0n) is 8.95. The molecule has 1 N–H and O–H groups in total. The molecule has 1 aromatic heterocycles. The topological polar surface area (TPSA) is 12.0 Å². The van der Waals surface area contributed by atoms with Gasteiger partial charge < -0.3 is 5.32 Å². The SMILES string of the molecule is Cl.Fc1ccc(CNCc2ccccc2Cl)s1. The highest BCUT2D eigenvalue weighted by Crippen LogP contribution is 2.16. The fourth-order valence-corrected chi connectivity index (χ4v) is 2.31. The van der Waals surface area contributed by atoms with Crippen LogP contribution in [0.1, 0.15) is 10.4 Å². The molecule has 0 radical (unpaired) electrons. The summed E-state index contributed by atoms with van der Waals surface area (Å²) in [4.78, 5) is 0.990. The Hall–Kier alpha value is -0.610. The van der Waals surface area contributed by atoms with E-state index in [0.717, 1.165) is 26.8 Å². The highest BCUT2D eigenvalue weighted by Gasteiger charge is 2.00. The molecule has 1 heterocycles. The summed E-state index contributed by atoms with van der Waals surface area (Å²) >= 11 is 7.18. The van der Waals surface area contributed by atoms with E-state index in [4.69, 9.17) is 11.6 Å². The maximum Gasteiger partial charge on any atom is 0.176 e. The van der Waals surface area contributed by atoms with Crippen LogP contribution in [0, 0.1) is 5.13 Å². The number of benzene rings is 1. The van der Waals surface area contributed by atoms with Gasteiger partial charge in [0.25, 0.3) is 0 Å². The van der Waals surface area contributed by atoms with E-state index < -0.39 is 0 Å². The third-order valence-corrected chi connectivity index (χ3v) is 3.44. The largest absolute Gasteiger partial charge is 0.308 e. The maximum atomic E-state index is 12.7. The van der Waals surface area contributed by atoms with E-state index in [1.165, 1.54) is 6.07 Å². The molecule has 0 spiro atoms. The van der Waals surface area contributed by atoms with Crippen molar-refractivity contribution in [3.63, 3.8) is 0 Å². The second-order valence-electron chi connectivity index (χ2n) is 3.40. The van der Waals surface area contributed by atoms with Gasteiger partial charge in [-0.3, -0.25) is 0 Å². The van der Waals surface area contributed by atoms with E-state index in [-0.39, 0.29) is 17.5 Å². The van der Waals surface area contributed by atoms with Gasteiger partial charge in [0.15, 0.2) is 5.13 Å². The van der Waals surface area contributed by atoms with Crippen LogP contribution in [-0.2, 0) is 13.1 Å². The molecule has 0 saturated heterocycles. The van der Waals surface area contributed by atoms with Crippen LogP contribution in [0.3, 0.4) is 0 Å². The summed E-state index contributed by atoms with van der Waals surface area (Å²) in [5.74, 6) is 0. The first-order valence-electron chi connectivity index (χ1n) is 4.94. The van der Waals surface area contributed by atoms with Crippen LogP contribution in [0.4, 0.5) is 4.39 Å². The lowest BCUT2D eigenvalue weighted by molar-refractivity contribution is 0.657. The third kappa shape index (κ3) is 4.28. The van der Waals surface area contributed by atoms with Gasteiger partial charge in [-0.05, 0) is 23.8 Å². The summed E-state index contributed by atoms with van der Waals surface area (Å²) in [7, 11) is 0. The van der Waals surface area contributed by atoms with Crippen LogP contribution in [0.2, 0.25) is 5.02 Å². The summed E-state index contributed by atoms with van der Waals surface area (Å²) in [6.07, 6.45) is 0. The third-order valence-electron chi connectivity index (χ3n) is 2.20. The Balaban J connectivity index is 0.00000144. The normalized spacial score (nSPS) is 10.0. The zero-order valence-corrected chi connectivity index (χ0v) is 11.3. The van der Waals surface area contributed by atoms with Crippen LogP contribution in [0.25, 0.3) is 0 Å². The number of halogens is 3. The lowest BCUT2D eigenvalue weighted by Crippen LogP contribution is -2.11. The minimum Gasteiger partial charge on any atom is -0.308 e. The van der Waals surface area contributed by atoms with E-state index in [2.05, 4.69) is 5.32 Å². The molecule has 0 unspecified atom stereocenters. The Kier molecular flexibility index (Phi) is 5.92. The van der Waals surface area contributed by atoms with E-state index in [9.17, 15) is 4.39 Å². The molecule has 0 bridgehead atoms. The molecule has 1 aromatic carbocycles. The van der Waals surface area contributed by atoms with Crippen molar-refractivity contribution in [1.29, 1.82) is 0 Å². The molecule has 2 aromatic rings. The summed E-state index contributed by atoms with van der Waals surface area (Å²) in [5, 5.41) is 3.84. The fourth-order valence-electron chi connectivity index (χ4n) is 1.41. The fraction of sp³-hybridized carbons (Fsp3) is 0.167. The molecular formula is C12H12Cl2FNS. The van der Waals surface area contributed by atoms with Crippen molar-refractivity contribution in [2.45, 2.75) is 13.1 Å². The predicted octanol–water partition coefficient (Wildman–Crippen LogP) is 4.25. The van der Waals surface area contributed by atoms with E-state index in [1.54, 1.807) is 6.07 Å². The highest BCUT2D eigenvalue weighted by atomic mass is 35.5. The maximum absolute atomic E-state index is 12.7. The van der Waals surface area contributed by atoms with Gasteiger partial charge >= 0.3 is 0 Å². The van der Waals surface area contributed by atoms with Gasteiger partial charge in [0.05, 0.1) is 0 Å². The van der Waals surface area contributed by atoms with E-state index in [0.29, 0.717) is 13.1 Å². The van der Waals surface area contributed by atoms with Crippen molar-refractivity contribution in [3.8, 4) is 0 Å². The van der Waals surface area contributed by atoms with Crippen molar-refractivity contribution in [2.75, 3.05) is 0 Å². The Labute approximate surface area is 115 Å². The monoisotopic (exact) mass is 291 g/mol. The second kappa shape index (κ2) is 6.97. The van der Waals surface area contributed by atoms with E-state index >= 15 is 0 Å². The lowest BCUT2D eigenvalue weighted by Gasteiger charge is -2.04. The number of rotatable bonds is 4. The lowest BCUT2D eigenvalue weighted by atomic mass is 10.2. The van der Waals surface area contributed by atoms with Crippen molar-refractivity contribution < 1.29 is 4.39 Å². The van der Waals surface area contributed by atoms with Crippen LogP contribution < -0.4 is 5.32 Å². The second-order valence-corrected chi connectivity index (χ2v) is 4.93. The average Bonchev–Trinajstić information content (AvgIpc) is 2.67. The van der Waals surface area contributed by atoms with Crippen LogP contribution in [-0.4, -0.2) is 0 Å². The molecule has 92 valence electrons. The minimum atomic E-state index is -0.144. The van der Waals surface area contributed by atoms with Gasteiger partial charge in [-0.25, -0.2) is 0 Å². The van der Waals surface area contributed by atoms with Crippen molar-refractivity contribution >= 4 is 35.3 Å². The number of thiophene rings is 1. The molecule has 0 fully saturated rings. The molecule has 0 aliphatic heterocycles.